The van der Waals surface area contributed by atoms with E-state index in [0.29, 0.717) is 12.3 Å². The Hall–Kier alpha value is -0.720. The van der Waals surface area contributed by atoms with Crippen molar-refractivity contribution in [2.75, 3.05) is 18.6 Å². The van der Waals surface area contributed by atoms with E-state index < -0.39 is 10.8 Å². The second-order valence-electron chi connectivity index (χ2n) is 5.13. The highest BCUT2D eigenvalue weighted by Crippen LogP contribution is 2.28. The summed E-state index contributed by atoms with van der Waals surface area (Å²) in [5.74, 6) is 0.689. The summed E-state index contributed by atoms with van der Waals surface area (Å²) in [4.78, 5) is 14.3. The molecule has 4 nitrogen and oxygen atoms in total. The van der Waals surface area contributed by atoms with Crippen LogP contribution in [-0.4, -0.2) is 39.6 Å². The van der Waals surface area contributed by atoms with E-state index in [-0.39, 0.29) is 18.1 Å². The fourth-order valence-electron chi connectivity index (χ4n) is 2.47. The minimum absolute atomic E-state index is 0.0563. The summed E-state index contributed by atoms with van der Waals surface area (Å²) in [6, 6.07) is 1.96. The topological polar surface area (TPSA) is 49.4 Å². The number of nitrogens with zero attached hydrogens (tertiary/aromatic N) is 1. The van der Waals surface area contributed by atoms with Crippen LogP contribution in [0, 0.1) is 0 Å². The van der Waals surface area contributed by atoms with Crippen LogP contribution in [0.15, 0.2) is 16.8 Å². The van der Waals surface area contributed by atoms with Gasteiger partial charge >= 0.3 is 0 Å². The second kappa shape index (κ2) is 7.33. The largest absolute Gasteiger partial charge is 0.321 e. The van der Waals surface area contributed by atoms with Gasteiger partial charge in [0.25, 0.3) is 0 Å². The molecule has 0 aromatic carbocycles. The Morgan fingerprint density at radius 3 is 2.90 bits per heavy atom. The average molecular weight is 314 g/mol. The molecule has 1 aliphatic heterocycles. The van der Waals surface area contributed by atoms with Crippen LogP contribution in [0.5, 0.6) is 0 Å². The van der Waals surface area contributed by atoms with Crippen molar-refractivity contribution in [2.45, 2.75) is 38.4 Å². The maximum absolute atomic E-state index is 12.5. The van der Waals surface area contributed by atoms with Gasteiger partial charge in [0.1, 0.15) is 6.17 Å². The normalized spacial score (nSPS) is 24.3. The van der Waals surface area contributed by atoms with Gasteiger partial charge in [-0.3, -0.25) is 14.3 Å². The van der Waals surface area contributed by atoms with E-state index in [0.717, 1.165) is 24.8 Å². The van der Waals surface area contributed by atoms with Crippen molar-refractivity contribution in [3.63, 3.8) is 0 Å². The fourth-order valence-corrected chi connectivity index (χ4v) is 3.60. The van der Waals surface area contributed by atoms with Gasteiger partial charge in [0.05, 0.1) is 6.04 Å². The number of hydrogen-bond acceptors (Lipinski definition) is 4. The van der Waals surface area contributed by atoms with Gasteiger partial charge in [0.2, 0.25) is 5.91 Å². The summed E-state index contributed by atoms with van der Waals surface area (Å²) in [5.41, 5.74) is 1.13. The molecule has 0 bridgehead atoms. The molecule has 2 rings (SSSR count). The van der Waals surface area contributed by atoms with Crippen LogP contribution in [0.3, 0.4) is 0 Å². The molecule has 1 fully saturated rings. The number of thiophene rings is 1. The van der Waals surface area contributed by atoms with Crippen LogP contribution < -0.4 is 5.32 Å². The molecule has 112 valence electrons. The summed E-state index contributed by atoms with van der Waals surface area (Å²) < 4.78 is 11.3. The minimum Gasteiger partial charge on any atom is -0.321 e. The Balaban J connectivity index is 2.10. The minimum atomic E-state index is -0.874. The number of nitrogens with one attached hydrogen (secondary N) is 1. The summed E-state index contributed by atoms with van der Waals surface area (Å²) in [6.07, 6.45) is 4.64. The molecule has 2 heterocycles. The molecule has 1 amide bonds. The van der Waals surface area contributed by atoms with Crippen LogP contribution in [0.2, 0.25) is 0 Å². The van der Waals surface area contributed by atoms with Crippen LogP contribution in [0.4, 0.5) is 0 Å². The van der Waals surface area contributed by atoms with Gasteiger partial charge in [0.15, 0.2) is 0 Å². The first-order valence-corrected chi connectivity index (χ1v) is 9.69. The van der Waals surface area contributed by atoms with Crippen LogP contribution in [0.1, 0.15) is 37.9 Å². The predicted octanol–water partition coefficient (Wildman–Crippen LogP) is 2.12. The summed E-state index contributed by atoms with van der Waals surface area (Å²) in [6.45, 7) is 2.69. The average Bonchev–Trinajstić information content (AvgIpc) is 3.02. The molecule has 20 heavy (non-hydrogen) atoms. The van der Waals surface area contributed by atoms with E-state index in [9.17, 15) is 9.00 Å². The van der Waals surface area contributed by atoms with Gasteiger partial charge in [0, 0.05) is 29.4 Å². The maximum atomic E-state index is 12.5. The third-order valence-corrected chi connectivity index (χ3v) is 5.04. The van der Waals surface area contributed by atoms with E-state index in [1.807, 2.05) is 16.3 Å². The fraction of sp³-hybridized carbons (Fsp3) is 0.643. The number of rotatable bonds is 7. The standard InChI is InChI=1S/C14H22N2O2S2/c1-3-4-5-12-14(17)16(7-9-20(2)18)13(15-12)11-6-8-19-10-11/h6,8,10,12-13,15H,3-5,7,9H2,1-2H3. The van der Waals surface area contributed by atoms with Gasteiger partial charge in [-0.2, -0.15) is 11.3 Å². The van der Waals surface area contributed by atoms with Crippen molar-refractivity contribution in [3.8, 4) is 0 Å². The summed E-state index contributed by atoms with van der Waals surface area (Å²) >= 11 is 1.64. The molecule has 0 radical (unpaired) electrons. The third-order valence-electron chi connectivity index (χ3n) is 3.58. The van der Waals surface area contributed by atoms with Gasteiger partial charge in [-0.15, -0.1) is 0 Å². The lowest BCUT2D eigenvalue weighted by Crippen LogP contribution is -2.34. The number of amides is 1. The zero-order valence-electron chi connectivity index (χ0n) is 12.0. The maximum Gasteiger partial charge on any atom is 0.241 e. The van der Waals surface area contributed by atoms with Crippen LogP contribution in [-0.2, 0) is 15.6 Å². The lowest BCUT2D eigenvalue weighted by atomic mass is 10.1. The van der Waals surface area contributed by atoms with Crippen molar-refractivity contribution in [3.05, 3.63) is 22.4 Å². The molecule has 0 spiro atoms. The Morgan fingerprint density at radius 1 is 1.50 bits per heavy atom. The molecular weight excluding hydrogens is 292 g/mol. The number of hydrogen-bond donors (Lipinski definition) is 1. The Labute approximate surface area is 127 Å². The molecule has 0 aliphatic carbocycles. The van der Waals surface area contributed by atoms with Gasteiger partial charge < -0.3 is 4.90 Å². The first-order valence-electron chi connectivity index (χ1n) is 7.02. The molecule has 1 N–H and O–H groups in total. The van der Waals surface area contributed by atoms with E-state index in [1.165, 1.54) is 0 Å². The highest BCUT2D eigenvalue weighted by Gasteiger charge is 2.38. The molecule has 1 aromatic rings. The van der Waals surface area contributed by atoms with Crippen LogP contribution in [0.25, 0.3) is 0 Å². The zero-order chi connectivity index (χ0) is 14.5. The first-order chi connectivity index (χ1) is 9.63. The van der Waals surface area contributed by atoms with E-state index in [4.69, 9.17) is 0 Å². The van der Waals surface area contributed by atoms with E-state index >= 15 is 0 Å². The van der Waals surface area contributed by atoms with Crippen molar-refractivity contribution < 1.29 is 9.00 Å². The summed E-state index contributed by atoms with van der Waals surface area (Å²) in [5, 5.41) is 7.53. The molecule has 1 aromatic heterocycles. The third kappa shape index (κ3) is 3.68. The Bertz CT molecular complexity index is 462. The Morgan fingerprint density at radius 2 is 2.30 bits per heavy atom. The molecule has 3 atom stereocenters. The zero-order valence-corrected chi connectivity index (χ0v) is 13.6. The lowest BCUT2D eigenvalue weighted by Gasteiger charge is -2.23. The predicted molar refractivity (Wildman–Crippen MR) is 84.2 cm³/mol. The van der Waals surface area contributed by atoms with Crippen LogP contribution >= 0.6 is 11.3 Å². The van der Waals surface area contributed by atoms with Crippen molar-refractivity contribution >= 4 is 28.0 Å². The molecule has 1 aliphatic rings. The quantitative estimate of drug-likeness (QED) is 0.838. The second-order valence-corrected chi connectivity index (χ2v) is 7.46. The van der Waals surface area contributed by atoms with E-state index in [1.54, 1.807) is 17.6 Å². The molecule has 3 unspecified atom stereocenters. The highest BCUT2D eigenvalue weighted by atomic mass is 32.2. The molecule has 1 saturated heterocycles. The van der Waals surface area contributed by atoms with Gasteiger partial charge in [-0.1, -0.05) is 19.8 Å². The SMILES string of the molecule is CCCCC1NC(c2ccsc2)N(CCS(C)=O)C1=O. The monoisotopic (exact) mass is 314 g/mol. The number of carbonyl (C=O) groups is 1. The lowest BCUT2D eigenvalue weighted by molar-refractivity contribution is -0.130. The number of carbonyl (C=O) groups excluding carboxylic acids is 1. The van der Waals surface area contributed by atoms with E-state index in [2.05, 4.69) is 17.6 Å². The molecular formula is C14H22N2O2S2. The van der Waals surface area contributed by atoms with Gasteiger partial charge in [-0.25, -0.2) is 0 Å². The Kier molecular flexibility index (Phi) is 5.74. The first kappa shape index (κ1) is 15.7. The molecule has 6 heteroatoms. The van der Waals surface area contributed by atoms with Gasteiger partial charge in [-0.05, 0) is 28.8 Å². The van der Waals surface area contributed by atoms with Crippen molar-refractivity contribution in [1.82, 2.24) is 10.2 Å². The highest BCUT2D eigenvalue weighted by molar-refractivity contribution is 7.84. The summed E-state index contributed by atoms with van der Waals surface area (Å²) in [7, 11) is -0.874. The van der Waals surface area contributed by atoms with Crippen molar-refractivity contribution in [1.29, 1.82) is 0 Å². The van der Waals surface area contributed by atoms with Crippen molar-refractivity contribution in [2.24, 2.45) is 0 Å². The molecule has 0 saturated carbocycles. The number of unbranched alkanes of at least 4 members (excludes halogenated alkanes) is 1. The smallest absolute Gasteiger partial charge is 0.241 e.